The lowest BCUT2D eigenvalue weighted by molar-refractivity contribution is -0.384. The second-order valence-electron chi connectivity index (χ2n) is 6.92. The lowest BCUT2D eigenvalue weighted by Crippen LogP contribution is -2.34. The third-order valence-electron chi connectivity index (χ3n) is 5.01. The minimum Gasteiger partial charge on any atom is -0.497 e. The maximum atomic E-state index is 14.3. The number of nitro benzene ring substituents is 1. The van der Waals surface area contributed by atoms with Gasteiger partial charge in [0, 0.05) is 17.7 Å². The largest absolute Gasteiger partial charge is 0.497 e. The second-order valence-corrected chi connectivity index (χ2v) is 6.92. The molecule has 0 N–H and O–H groups in total. The minimum absolute atomic E-state index is 0.125. The Hall–Kier alpha value is -4.40. The van der Waals surface area contributed by atoms with Crippen LogP contribution in [0.4, 0.5) is 15.8 Å². The summed E-state index contributed by atoms with van der Waals surface area (Å²) in [4.78, 5) is 36.9. The molecule has 0 unspecified atom stereocenters. The highest BCUT2D eigenvalue weighted by Gasteiger charge is 2.43. The van der Waals surface area contributed by atoms with Gasteiger partial charge in [-0.2, -0.15) is 10.1 Å². The normalized spacial score (nSPS) is 15.4. The van der Waals surface area contributed by atoms with E-state index in [1.165, 1.54) is 49.6 Å². The highest BCUT2D eigenvalue weighted by molar-refractivity contribution is 6.34. The maximum absolute atomic E-state index is 14.3. The fourth-order valence-electron chi connectivity index (χ4n) is 3.41. The molecule has 3 aromatic carbocycles. The van der Waals surface area contributed by atoms with Crippen molar-refractivity contribution in [1.29, 1.82) is 0 Å². The number of nitrogens with zero attached hydrogens (tertiary/aromatic N) is 3. The van der Waals surface area contributed by atoms with Gasteiger partial charge in [-0.25, -0.2) is 4.39 Å². The number of rotatable bonds is 6. The Bertz CT molecular complexity index is 1260. The molecule has 1 aliphatic heterocycles. The summed E-state index contributed by atoms with van der Waals surface area (Å²) in [6, 6.07) is 17.2. The van der Waals surface area contributed by atoms with Crippen LogP contribution in [0, 0.1) is 21.8 Å². The summed E-state index contributed by atoms with van der Waals surface area (Å²) < 4.78 is 19.6. The number of ether oxygens (including phenoxy) is 1. The Morgan fingerprint density at radius 3 is 2.47 bits per heavy atom. The zero-order valence-corrected chi connectivity index (χ0v) is 16.8. The van der Waals surface area contributed by atoms with Gasteiger partial charge in [0.25, 0.3) is 11.6 Å². The van der Waals surface area contributed by atoms with E-state index in [1.54, 1.807) is 24.3 Å². The van der Waals surface area contributed by atoms with E-state index in [0.29, 0.717) is 11.3 Å². The third-order valence-corrected chi connectivity index (χ3v) is 5.01. The number of anilines is 1. The average Bonchev–Trinajstić information content (AvgIpc) is 3.16. The van der Waals surface area contributed by atoms with Crippen LogP contribution >= 0.6 is 0 Å². The fourth-order valence-corrected chi connectivity index (χ4v) is 3.41. The van der Waals surface area contributed by atoms with Gasteiger partial charge < -0.3 is 4.74 Å². The summed E-state index contributed by atoms with van der Waals surface area (Å²) in [5.41, 5.74) is 0.436. The van der Waals surface area contributed by atoms with Crippen LogP contribution in [0.1, 0.15) is 15.9 Å². The summed E-state index contributed by atoms with van der Waals surface area (Å²) >= 11 is 0. The smallest absolute Gasteiger partial charge is 0.269 e. The van der Waals surface area contributed by atoms with Crippen molar-refractivity contribution in [2.45, 2.75) is 0 Å². The molecular formula is C23H16FN3O5. The van der Waals surface area contributed by atoms with Gasteiger partial charge in [0.2, 0.25) is 0 Å². The number of Topliss-reactive ketones (excluding diaryl/α,β-unsaturated/α-hetero) is 1. The summed E-state index contributed by atoms with van der Waals surface area (Å²) in [6.07, 6.45) is 0. The topological polar surface area (TPSA) is 102 Å². The molecule has 0 radical (unpaired) electrons. The highest BCUT2D eigenvalue weighted by atomic mass is 19.1. The van der Waals surface area contributed by atoms with Crippen LogP contribution < -0.4 is 9.75 Å². The van der Waals surface area contributed by atoms with Crippen LogP contribution in [0.2, 0.25) is 0 Å². The van der Waals surface area contributed by atoms with Gasteiger partial charge in [-0.05, 0) is 36.4 Å². The maximum Gasteiger partial charge on any atom is 0.269 e. The van der Waals surface area contributed by atoms with Crippen LogP contribution in [-0.2, 0) is 4.79 Å². The number of hydrazone groups is 1. The highest BCUT2D eigenvalue weighted by Crippen LogP contribution is 2.31. The van der Waals surface area contributed by atoms with E-state index in [-0.39, 0.29) is 22.6 Å². The van der Waals surface area contributed by atoms with Crippen molar-refractivity contribution < 1.29 is 23.6 Å². The molecule has 32 heavy (non-hydrogen) atoms. The molecule has 0 spiro atoms. The van der Waals surface area contributed by atoms with Gasteiger partial charge in [-0.1, -0.05) is 24.3 Å². The Balaban J connectivity index is 1.81. The van der Waals surface area contributed by atoms with E-state index in [2.05, 4.69) is 5.10 Å². The van der Waals surface area contributed by atoms with Gasteiger partial charge in [-0.3, -0.25) is 19.7 Å². The van der Waals surface area contributed by atoms with E-state index in [1.807, 2.05) is 0 Å². The van der Waals surface area contributed by atoms with Crippen molar-refractivity contribution >= 4 is 28.8 Å². The number of amides is 1. The number of hydrogen-bond donors (Lipinski definition) is 0. The summed E-state index contributed by atoms with van der Waals surface area (Å²) in [5, 5.41) is 16.3. The van der Waals surface area contributed by atoms with E-state index in [9.17, 15) is 24.1 Å². The quantitative estimate of drug-likeness (QED) is 0.253. The number of hydrogen-bond acceptors (Lipinski definition) is 6. The summed E-state index contributed by atoms with van der Waals surface area (Å²) in [7, 11) is 1.48. The van der Waals surface area contributed by atoms with Crippen LogP contribution in [0.5, 0.6) is 5.75 Å². The predicted octanol–water partition coefficient (Wildman–Crippen LogP) is 3.99. The fraction of sp³-hybridized carbons (Fsp3) is 0.0870. The Morgan fingerprint density at radius 2 is 1.81 bits per heavy atom. The van der Waals surface area contributed by atoms with E-state index in [4.69, 9.17) is 4.74 Å². The molecule has 8 nitrogen and oxygen atoms in total. The molecule has 1 amide bonds. The first-order chi connectivity index (χ1) is 15.4. The molecule has 1 heterocycles. The van der Waals surface area contributed by atoms with Gasteiger partial charge in [0.15, 0.2) is 5.78 Å². The average molecular weight is 433 g/mol. The van der Waals surface area contributed by atoms with Crippen molar-refractivity contribution in [1.82, 2.24) is 0 Å². The van der Waals surface area contributed by atoms with Crippen LogP contribution in [-0.4, -0.2) is 29.4 Å². The molecule has 0 aromatic heterocycles. The van der Waals surface area contributed by atoms with Gasteiger partial charge >= 0.3 is 0 Å². The molecule has 9 heteroatoms. The number of carbonyl (C=O) groups excluding carboxylic acids is 2. The first-order valence-corrected chi connectivity index (χ1v) is 9.51. The summed E-state index contributed by atoms with van der Waals surface area (Å²) in [5.74, 6) is -3.08. The Morgan fingerprint density at radius 1 is 1.09 bits per heavy atom. The van der Waals surface area contributed by atoms with Crippen molar-refractivity contribution in [2.75, 3.05) is 12.1 Å². The van der Waals surface area contributed by atoms with E-state index < -0.39 is 28.3 Å². The molecule has 0 saturated heterocycles. The molecule has 3 aromatic rings. The number of ketones is 1. The SMILES string of the molecule is COc1cccc(C2=NN(c3ccc([N+](=O)[O-])cc3)C(=O)[C@@H]2C(=O)c2ccccc2F)c1. The van der Waals surface area contributed by atoms with Crippen LogP contribution in [0.15, 0.2) is 77.9 Å². The zero-order valence-electron chi connectivity index (χ0n) is 16.8. The second kappa shape index (κ2) is 8.38. The molecule has 1 aliphatic rings. The van der Waals surface area contributed by atoms with Crippen molar-refractivity contribution in [3.63, 3.8) is 0 Å². The molecule has 0 fully saturated rings. The van der Waals surface area contributed by atoms with E-state index in [0.717, 1.165) is 11.1 Å². The third kappa shape index (κ3) is 3.71. The number of non-ortho nitro benzene ring substituents is 1. The number of carbonyl (C=O) groups is 2. The van der Waals surface area contributed by atoms with Gasteiger partial charge in [0.05, 0.1) is 29.0 Å². The molecule has 0 aliphatic carbocycles. The Kier molecular flexibility index (Phi) is 5.46. The standard InChI is InChI=1S/C23H16FN3O5/c1-32-17-6-4-5-14(13-17)21-20(22(28)18-7-2-3-8-19(18)24)23(29)26(25-21)15-9-11-16(12-10-15)27(30)31/h2-13,20H,1H3/t20-/m0/s1. The molecular weight excluding hydrogens is 417 g/mol. The lowest BCUT2D eigenvalue weighted by Gasteiger charge is -2.14. The predicted molar refractivity (Wildman–Crippen MR) is 114 cm³/mol. The van der Waals surface area contributed by atoms with Crippen molar-refractivity contribution in [3.05, 3.63) is 99.9 Å². The number of methoxy groups -OCH3 is 1. The zero-order chi connectivity index (χ0) is 22.8. The van der Waals surface area contributed by atoms with Crippen LogP contribution in [0.25, 0.3) is 0 Å². The van der Waals surface area contributed by atoms with Gasteiger partial charge in [0.1, 0.15) is 17.5 Å². The lowest BCUT2D eigenvalue weighted by atomic mass is 9.89. The number of nitro groups is 1. The summed E-state index contributed by atoms with van der Waals surface area (Å²) in [6.45, 7) is 0. The van der Waals surface area contributed by atoms with E-state index >= 15 is 0 Å². The minimum atomic E-state index is -1.39. The molecule has 4 rings (SSSR count). The first-order valence-electron chi connectivity index (χ1n) is 9.51. The first kappa shape index (κ1) is 20.9. The molecule has 0 bridgehead atoms. The Labute approximate surface area is 181 Å². The molecule has 1 atom stereocenters. The molecule has 0 saturated carbocycles. The van der Waals surface area contributed by atoms with Gasteiger partial charge in [-0.15, -0.1) is 0 Å². The molecule has 160 valence electrons. The van der Waals surface area contributed by atoms with Crippen molar-refractivity contribution in [3.8, 4) is 5.75 Å². The number of benzene rings is 3. The van der Waals surface area contributed by atoms with Crippen molar-refractivity contribution in [2.24, 2.45) is 11.0 Å². The number of halogens is 1. The monoisotopic (exact) mass is 433 g/mol. The van der Waals surface area contributed by atoms with Crippen LogP contribution in [0.3, 0.4) is 0 Å².